The number of para-hydroxylation sites is 1. The van der Waals surface area contributed by atoms with Crippen molar-refractivity contribution in [3.63, 3.8) is 0 Å². The number of furan rings is 1. The van der Waals surface area contributed by atoms with Crippen molar-refractivity contribution in [2.24, 2.45) is 0 Å². The van der Waals surface area contributed by atoms with Crippen LogP contribution in [0.3, 0.4) is 0 Å². The van der Waals surface area contributed by atoms with Crippen molar-refractivity contribution in [1.29, 1.82) is 0 Å². The lowest BCUT2D eigenvalue weighted by Crippen LogP contribution is -2.15. The molecule has 0 fully saturated rings. The Morgan fingerprint density at radius 2 is 1.93 bits per heavy atom. The van der Waals surface area contributed by atoms with Gasteiger partial charge in [0.2, 0.25) is 0 Å². The molecule has 8 nitrogen and oxygen atoms in total. The highest BCUT2D eigenvalue weighted by Crippen LogP contribution is 2.29. The number of sulfone groups is 1. The van der Waals surface area contributed by atoms with E-state index in [4.69, 9.17) is 8.94 Å². The van der Waals surface area contributed by atoms with Crippen molar-refractivity contribution in [2.45, 2.75) is 11.8 Å². The number of rotatable bonds is 4. The van der Waals surface area contributed by atoms with Crippen LogP contribution in [0, 0.1) is 6.92 Å². The summed E-state index contributed by atoms with van der Waals surface area (Å²) in [6.45, 7) is 1.70. The fourth-order valence-electron chi connectivity index (χ4n) is 2.91. The Morgan fingerprint density at radius 1 is 1.14 bits per heavy atom. The molecule has 0 saturated carbocycles. The first kappa shape index (κ1) is 17.9. The second-order valence-corrected chi connectivity index (χ2v) is 8.19. The van der Waals surface area contributed by atoms with E-state index in [0.29, 0.717) is 22.5 Å². The van der Waals surface area contributed by atoms with Gasteiger partial charge in [-0.3, -0.25) is 4.79 Å². The molecule has 0 radical (unpaired) electrons. The van der Waals surface area contributed by atoms with Gasteiger partial charge in [-0.15, -0.1) is 0 Å². The van der Waals surface area contributed by atoms with Crippen molar-refractivity contribution in [3.05, 3.63) is 60.0 Å². The molecular weight excluding hydrogens is 382 g/mol. The van der Waals surface area contributed by atoms with E-state index in [-0.39, 0.29) is 21.9 Å². The first-order chi connectivity index (χ1) is 13.3. The molecule has 0 spiro atoms. The third kappa shape index (κ3) is 3.16. The van der Waals surface area contributed by atoms with E-state index in [9.17, 15) is 13.2 Å². The van der Waals surface area contributed by atoms with Crippen LogP contribution in [0.5, 0.6) is 0 Å². The minimum atomic E-state index is -3.52. The van der Waals surface area contributed by atoms with Crippen LogP contribution >= 0.6 is 0 Å². The Bertz CT molecular complexity index is 1290. The minimum Gasteiger partial charge on any atom is -0.463 e. The number of nitrogens with one attached hydrogen (secondary N) is 1. The highest BCUT2D eigenvalue weighted by Gasteiger charge is 2.22. The van der Waals surface area contributed by atoms with E-state index in [1.807, 2.05) is 0 Å². The van der Waals surface area contributed by atoms with Gasteiger partial charge in [-0.25, -0.2) is 13.4 Å². The number of carbonyl (C=O) groups excluding carboxylic acids is 1. The maximum atomic E-state index is 13.0. The molecule has 1 amide bonds. The van der Waals surface area contributed by atoms with Crippen molar-refractivity contribution in [1.82, 2.24) is 10.1 Å². The first-order valence-corrected chi connectivity index (χ1v) is 10.1. The molecule has 9 heteroatoms. The standard InChI is InChI=1S/C19H15N3O5S/c1-11-17-12(10-14(15-7-5-9-26-15)21-19(17)27-22-11)18(23)20-13-6-3-4-8-16(13)28(2,24)25/h3-10H,1-2H3,(H,20,23). The second-order valence-electron chi connectivity index (χ2n) is 6.20. The van der Waals surface area contributed by atoms with Crippen LogP contribution in [-0.4, -0.2) is 30.7 Å². The molecule has 4 rings (SSSR count). The summed E-state index contributed by atoms with van der Waals surface area (Å²) < 4.78 is 34.6. The molecule has 3 heterocycles. The van der Waals surface area contributed by atoms with E-state index >= 15 is 0 Å². The average molecular weight is 397 g/mol. The molecule has 4 aromatic rings. The van der Waals surface area contributed by atoms with Gasteiger partial charge < -0.3 is 14.3 Å². The SMILES string of the molecule is Cc1noc2nc(-c3ccco3)cc(C(=O)Nc3ccccc3S(C)(=O)=O)c12. The van der Waals surface area contributed by atoms with Crippen molar-refractivity contribution in [3.8, 4) is 11.5 Å². The zero-order chi connectivity index (χ0) is 19.9. The lowest BCUT2D eigenvalue weighted by Gasteiger charge is -2.11. The number of aromatic nitrogens is 2. The molecule has 28 heavy (non-hydrogen) atoms. The molecule has 0 aliphatic rings. The molecule has 3 aromatic heterocycles. The molecule has 0 atom stereocenters. The Kier molecular flexibility index (Phi) is 4.23. The molecule has 142 valence electrons. The number of fused-ring (bicyclic) bond motifs is 1. The summed E-state index contributed by atoms with van der Waals surface area (Å²) in [5, 5.41) is 7.00. The van der Waals surface area contributed by atoms with Crippen molar-refractivity contribution >= 4 is 32.5 Å². The van der Waals surface area contributed by atoms with Crippen LogP contribution in [0.15, 0.2) is 62.6 Å². The molecule has 1 N–H and O–H groups in total. The molecule has 1 aromatic carbocycles. The van der Waals surface area contributed by atoms with Crippen LogP contribution in [0.4, 0.5) is 5.69 Å². The predicted molar refractivity (Wildman–Crippen MR) is 102 cm³/mol. The van der Waals surface area contributed by atoms with E-state index < -0.39 is 15.7 Å². The lowest BCUT2D eigenvalue weighted by molar-refractivity contribution is 0.102. The van der Waals surface area contributed by atoms with E-state index in [0.717, 1.165) is 6.26 Å². The largest absolute Gasteiger partial charge is 0.463 e. The van der Waals surface area contributed by atoms with Crippen LogP contribution in [0.2, 0.25) is 0 Å². The molecular formula is C19H15N3O5S. The number of pyridine rings is 1. The van der Waals surface area contributed by atoms with Gasteiger partial charge in [-0.05, 0) is 37.3 Å². The highest BCUT2D eigenvalue weighted by atomic mass is 32.2. The number of aryl methyl sites for hydroxylation is 1. The third-order valence-electron chi connectivity index (χ3n) is 4.17. The summed E-state index contributed by atoms with van der Waals surface area (Å²) >= 11 is 0. The number of nitrogens with zero attached hydrogens (tertiary/aromatic N) is 2. The van der Waals surface area contributed by atoms with Crippen LogP contribution < -0.4 is 5.32 Å². The van der Waals surface area contributed by atoms with Gasteiger partial charge in [0.1, 0.15) is 5.69 Å². The highest BCUT2D eigenvalue weighted by molar-refractivity contribution is 7.90. The smallest absolute Gasteiger partial charge is 0.259 e. The third-order valence-corrected chi connectivity index (χ3v) is 5.33. The van der Waals surface area contributed by atoms with Crippen LogP contribution in [-0.2, 0) is 9.84 Å². The van der Waals surface area contributed by atoms with E-state index in [2.05, 4.69) is 15.5 Å². The number of benzene rings is 1. The number of hydrogen-bond donors (Lipinski definition) is 1. The summed E-state index contributed by atoms with van der Waals surface area (Å²) in [7, 11) is -3.52. The number of carbonyl (C=O) groups is 1. The van der Waals surface area contributed by atoms with E-state index in [1.165, 1.54) is 18.4 Å². The quantitative estimate of drug-likeness (QED) is 0.561. The van der Waals surface area contributed by atoms with Gasteiger partial charge in [0, 0.05) is 6.26 Å². The molecule has 0 bridgehead atoms. The molecule has 0 saturated heterocycles. The first-order valence-electron chi connectivity index (χ1n) is 8.26. The molecule has 0 unspecified atom stereocenters. The van der Waals surface area contributed by atoms with Gasteiger partial charge >= 0.3 is 0 Å². The van der Waals surface area contributed by atoms with Gasteiger partial charge in [0.05, 0.1) is 33.5 Å². The fraction of sp³-hybridized carbons (Fsp3) is 0.105. The Balaban J connectivity index is 1.83. The normalized spacial score (nSPS) is 11.6. The predicted octanol–water partition coefficient (Wildman–Crippen LogP) is 3.45. The summed E-state index contributed by atoms with van der Waals surface area (Å²) in [6.07, 6.45) is 2.58. The monoisotopic (exact) mass is 397 g/mol. The van der Waals surface area contributed by atoms with Crippen molar-refractivity contribution in [2.75, 3.05) is 11.6 Å². The zero-order valence-electron chi connectivity index (χ0n) is 15.0. The van der Waals surface area contributed by atoms with Crippen LogP contribution in [0.25, 0.3) is 22.6 Å². The van der Waals surface area contributed by atoms with Gasteiger partial charge in [-0.1, -0.05) is 17.3 Å². The average Bonchev–Trinajstić information content (AvgIpc) is 3.31. The Morgan fingerprint density at radius 3 is 2.64 bits per heavy atom. The maximum Gasteiger partial charge on any atom is 0.259 e. The molecule has 0 aliphatic heterocycles. The zero-order valence-corrected chi connectivity index (χ0v) is 15.8. The Hall–Kier alpha value is -3.46. The topological polar surface area (TPSA) is 115 Å². The summed E-state index contributed by atoms with van der Waals surface area (Å²) in [6, 6.07) is 11.2. The summed E-state index contributed by atoms with van der Waals surface area (Å²) in [5.74, 6) is -0.0517. The number of hydrogen-bond acceptors (Lipinski definition) is 7. The lowest BCUT2D eigenvalue weighted by atomic mass is 10.1. The van der Waals surface area contributed by atoms with Crippen molar-refractivity contribution < 1.29 is 22.2 Å². The second kappa shape index (κ2) is 6.61. The number of amides is 1. The van der Waals surface area contributed by atoms with Gasteiger partial charge in [0.15, 0.2) is 15.6 Å². The Labute approximate surface area is 160 Å². The summed E-state index contributed by atoms with van der Waals surface area (Å²) in [4.78, 5) is 17.4. The minimum absolute atomic E-state index is 0.0296. The number of anilines is 1. The molecule has 0 aliphatic carbocycles. The maximum absolute atomic E-state index is 13.0. The van der Waals surface area contributed by atoms with E-state index in [1.54, 1.807) is 37.3 Å². The van der Waals surface area contributed by atoms with Gasteiger partial charge in [0.25, 0.3) is 11.6 Å². The van der Waals surface area contributed by atoms with Gasteiger partial charge in [-0.2, -0.15) is 0 Å². The van der Waals surface area contributed by atoms with Crippen LogP contribution in [0.1, 0.15) is 16.1 Å². The fourth-order valence-corrected chi connectivity index (χ4v) is 3.75. The summed E-state index contributed by atoms with van der Waals surface area (Å²) in [5.41, 5.74) is 1.52.